The minimum Gasteiger partial charge on any atom is -0.494 e. The summed E-state index contributed by atoms with van der Waals surface area (Å²) >= 11 is 0. The number of methoxy groups -OCH3 is 1. The molecule has 2 aromatic carbocycles. The summed E-state index contributed by atoms with van der Waals surface area (Å²) in [6.07, 6.45) is 1.72. The average molecular weight is 545 g/mol. The largest absolute Gasteiger partial charge is 0.494 e. The van der Waals surface area contributed by atoms with Gasteiger partial charge in [0.15, 0.2) is 6.10 Å². The van der Waals surface area contributed by atoms with E-state index in [0.717, 1.165) is 12.0 Å². The molecule has 9 nitrogen and oxygen atoms in total. The van der Waals surface area contributed by atoms with Gasteiger partial charge < -0.3 is 29.0 Å². The van der Waals surface area contributed by atoms with Gasteiger partial charge in [-0.15, -0.1) is 0 Å². The SMILES string of the molecule is C=S(=O)(Nc1cc2ncnc(Nc3ccc(F)cc3OC3COC4CCOC43)c2c(C)c1OC)C(C)(C)C. The Morgan fingerprint density at radius 3 is 2.71 bits per heavy atom. The van der Waals surface area contributed by atoms with Crippen molar-refractivity contribution in [2.24, 2.45) is 0 Å². The molecule has 38 heavy (non-hydrogen) atoms. The van der Waals surface area contributed by atoms with E-state index < -0.39 is 20.3 Å². The molecule has 0 bridgehead atoms. The molecule has 2 saturated heterocycles. The minimum atomic E-state index is -2.72. The first kappa shape index (κ1) is 26.5. The fourth-order valence-corrected chi connectivity index (χ4v) is 5.49. The zero-order valence-corrected chi connectivity index (χ0v) is 23.0. The van der Waals surface area contributed by atoms with Crippen LogP contribution < -0.4 is 19.5 Å². The maximum Gasteiger partial charge on any atom is 0.151 e. The van der Waals surface area contributed by atoms with Gasteiger partial charge in [0.1, 0.15) is 35.6 Å². The Morgan fingerprint density at radius 1 is 1.18 bits per heavy atom. The summed E-state index contributed by atoms with van der Waals surface area (Å²) in [6, 6.07) is 6.05. The molecule has 4 unspecified atom stereocenters. The number of nitrogens with zero attached hydrogens (tertiary/aromatic N) is 2. The number of anilines is 3. The van der Waals surface area contributed by atoms with Crippen molar-refractivity contribution in [2.45, 2.75) is 57.2 Å². The van der Waals surface area contributed by atoms with Crippen LogP contribution in [0.15, 0.2) is 30.6 Å². The molecule has 1 aromatic heterocycles. The third-order valence-corrected chi connectivity index (χ3v) is 9.51. The van der Waals surface area contributed by atoms with Crippen LogP contribution in [0.1, 0.15) is 32.8 Å². The molecule has 0 aliphatic carbocycles. The van der Waals surface area contributed by atoms with E-state index in [1.54, 1.807) is 19.2 Å². The van der Waals surface area contributed by atoms with Crippen LogP contribution in [-0.4, -0.2) is 63.4 Å². The van der Waals surface area contributed by atoms with Crippen molar-refractivity contribution in [1.82, 2.24) is 9.97 Å². The Kier molecular flexibility index (Phi) is 6.87. The number of aryl methyl sites for hydroxylation is 1. The van der Waals surface area contributed by atoms with Gasteiger partial charge in [0, 0.05) is 28.4 Å². The molecule has 11 heteroatoms. The van der Waals surface area contributed by atoms with Crippen molar-refractivity contribution in [3.63, 3.8) is 0 Å². The number of nitrogens with one attached hydrogen (secondary N) is 2. The molecule has 3 heterocycles. The Labute approximate surface area is 222 Å². The van der Waals surface area contributed by atoms with Crippen LogP contribution in [0.3, 0.4) is 0 Å². The van der Waals surface area contributed by atoms with E-state index in [2.05, 4.69) is 25.9 Å². The van der Waals surface area contributed by atoms with E-state index in [9.17, 15) is 8.60 Å². The van der Waals surface area contributed by atoms with E-state index in [1.807, 2.05) is 27.7 Å². The maximum atomic E-state index is 14.3. The first-order valence-corrected chi connectivity index (χ1v) is 14.1. The second kappa shape index (κ2) is 9.87. The molecule has 4 atom stereocenters. The zero-order chi connectivity index (χ0) is 27.2. The predicted molar refractivity (Wildman–Crippen MR) is 148 cm³/mol. The second-order valence-electron chi connectivity index (χ2n) is 10.5. The van der Waals surface area contributed by atoms with Crippen LogP contribution in [0.2, 0.25) is 0 Å². The van der Waals surface area contributed by atoms with Crippen molar-refractivity contribution in [3.8, 4) is 11.5 Å². The highest BCUT2D eigenvalue weighted by molar-refractivity contribution is 8.02. The van der Waals surface area contributed by atoms with Crippen LogP contribution in [-0.2, 0) is 19.2 Å². The summed E-state index contributed by atoms with van der Waals surface area (Å²) in [5.74, 6) is 4.81. The van der Waals surface area contributed by atoms with Gasteiger partial charge in [-0.3, -0.25) is 0 Å². The molecule has 3 aromatic rings. The molecule has 0 spiro atoms. The summed E-state index contributed by atoms with van der Waals surface area (Å²) in [6.45, 7) is 8.44. The van der Waals surface area contributed by atoms with Gasteiger partial charge in [0.2, 0.25) is 0 Å². The molecular weight excluding hydrogens is 511 g/mol. The number of ether oxygens (including phenoxy) is 4. The smallest absolute Gasteiger partial charge is 0.151 e. The zero-order valence-electron chi connectivity index (χ0n) is 22.2. The molecule has 2 fully saturated rings. The van der Waals surface area contributed by atoms with Gasteiger partial charge in [-0.05, 0) is 58.2 Å². The quantitative estimate of drug-likeness (QED) is 0.416. The molecular formula is C27H33FN4O5S. The van der Waals surface area contributed by atoms with Crippen LogP contribution in [0.25, 0.3) is 10.9 Å². The van der Waals surface area contributed by atoms with Crippen LogP contribution >= 0.6 is 0 Å². The topological polar surface area (TPSA) is 104 Å². The molecule has 204 valence electrons. The van der Waals surface area contributed by atoms with Crippen molar-refractivity contribution in [2.75, 3.05) is 30.4 Å². The highest BCUT2D eigenvalue weighted by atomic mass is 32.2. The maximum absolute atomic E-state index is 14.3. The summed E-state index contributed by atoms with van der Waals surface area (Å²) in [5.41, 5.74) is 2.39. The van der Waals surface area contributed by atoms with E-state index in [1.165, 1.54) is 18.5 Å². The van der Waals surface area contributed by atoms with Crippen LogP contribution in [0.5, 0.6) is 11.5 Å². The Bertz CT molecular complexity index is 1470. The Balaban J connectivity index is 1.52. The summed E-state index contributed by atoms with van der Waals surface area (Å²) in [7, 11) is -1.17. The number of aromatic nitrogens is 2. The molecule has 2 N–H and O–H groups in total. The van der Waals surface area contributed by atoms with Gasteiger partial charge in [0.05, 0.1) is 46.4 Å². The molecule has 0 saturated carbocycles. The molecule has 5 rings (SSSR count). The first-order valence-electron chi connectivity index (χ1n) is 12.4. The van der Waals surface area contributed by atoms with Gasteiger partial charge in [-0.25, -0.2) is 18.6 Å². The number of rotatable bonds is 7. The first-order chi connectivity index (χ1) is 18.0. The molecule has 0 radical (unpaired) electrons. The van der Waals surface area contributed by atoms with Gasteiger partial charge >= 0.3 is 0 Å². The molecule has 0 amide bonds. The number of hydrogen-bond donors (Lipinski definition) is 2. The molecule has 2 aliphatic rings. The minimum absolute atomic E-state index is 0.00000592. The van der Waals surface area contributed by atoms with E-state index in [0.29, 0.717) is 52.8 Å². The van der Waals surface area contributed by atoms with Gasteiger partial charge in [-0.2, -0.15) is 0 Å². The lowest BCUT2D eigenvalue weighted by molar-refractivity contribution is 0.0310. The van der Waals surface area contributed by atoms with Crippen molar-refractivity contribution >= 4 is 43.7 Å². The average Bonchev–Trinajstić information content (AvgIpc) is 3.45. The summed E-state index contributed by atoms with van der Waals surface area (Å²) in [4.78, 5) is 8.91. The van der Waals surface area contributed by atoms with Crippen molar-refractivity contribution in [1.29, 1.82) is 0 Å². The Hall–Kier alpha value is -3.15. The van der Waals surface area contributed by atoms with E-state index >= 15 is 0 Å². The number of hydrogen-bond acceptors (Lipinski definition) is 8. The lowest BCUT2D eigenvalue weighted by atomic mass is 10.1. The van der Waals surface area contributed by atoms with Crippen molar-refractivity contribution < 1.29 is 27.5 Å². The third kappa shape index (κ3) is 4.85. The van der Waals surface area contributed by atoms with Gasteiger partial charge in [0.25, 0.3) is 0 Å². The lowest BCUT2D eigenvalue weighted by Gasteiger charge is -2.27. The number of halogens is 1. The second-order valence-corrected chi connectivity index (χ2v) is 13.3. The van der Waals surface area contributed by atoms with Gasteiger partial charge in [-0.1, -0.05) is 0 Å². The summed E-state index contributed by atoms with van der Waals surface area (Å²) < 4.78 is 53.5. The lowest BCUT2D eigenvalue weighted by Crippen LogP contribution is -2.33. The fraction of sp³-hybridized carbons (Fsp3) is 0.444. The third-order valence-electron chi connectivity index (χ3n) is 6.98. The standard InChI is InChI=1S/C27H33FN4O5S/c1-15-23-18(12-19(24(15)34-5)32-38(6,33)27(2,3)4)29-14-30-26(23)31-17-8-7-16(28)11-21(17)37-22-13-36-20-9-10-35-25(20)22/h7-8,11-12,14,20,22,25H,6,9-10,13H2,1-5H3,(H,32,33)(H,29,30,31). The van der Waals surface area contributed by atoms with Crippen LogP contribution in [0.4, 0.5) is 21.6 Å². The predicted octanol–water partition coefficient (Wildman–Crippen LogP) is 4.61. The number of fused-ring (bicyclic) bond motifs is 2. The normalized spacial score (nSPS) is 22.6. The van der Waals surface area contributed by atoms with E-state index in [4.69, 9.17) is 18.9 Å². The highest BCUT2D eigenvalue weighted by Crippen LogP contribution is 2.40. The monoisotopic (exact) mass is 544 g/mol. The molecule has 2 aliphatic heterocycles. The van der Waals surface area contributed by atoms with Crippen LogP contribution in [0, 0.1) is 12.7 Å². The Morgan fingerprint density at radius 2 is 1.97 bits per heavy atom. The highest BCUT2D eigenvalue weighted by Gasteiger charge is 2.43. The van der Waals surface area contributed by atoms with Crippen molar-refractivity contribution in [3.05, 3.63) is 42.0 Å². The fourth-order valence-electron chi connectivity index (χ4n) is 4.68. The summed E-state index contributed by atoms with van der Waals surface area (Å²) in [5, 5.41) is 3.99. The van der Waals surface area contributed by atoms with E-state index in [-0.39, 0.29) is 18.3 Å². The number of benzene rings is 2.